The van der Waals surface area contributed by atoms with E-state index >= 15 is 0 Å². The van der Waals surface area contributed by atoms with Gasteiger partial charge in [-0.25, -0.2) is 9.59 Å². The van der Waals surface area contributed by atoms with Crippen molar-refractivity contribution in [2.24, 2.45) is 0 Å². The maximum atomic E-state index is 12.0. The van der Waals surface area contributed by atoms with Gasteiger partial charge < -0.3 is 20.7 Å². The third-order valence-electron chi connectivity index (χ3n) is 3.49. The molecule has 7 heteroatoms. The van der Waals surface area contributed by atoms with Gasteiger partial charge in [0.2, 0.25) is 5.91 Å². The molecule has 0 bridgehead atoms. The average Bonchev–Trinajstić information content (AvgIpc) is 2.50. The van der Waals surface area contributed by atoms with E-state index in [-0.39, 0.29) is 5.91 Å². The number of hydrogen-bond donors (Lipinski definition) is 3. The number of hydrogen-bond acceptors (Lipinski definition) is 4. The summed E-state index contributed by atoms with van der Waals surface area (Å²) in [7, 11) is 1.31. The van der Waals surface area contributed by atoms with Crippen molar-refractivity contribution in [2.75, 3.05) is 19.0 Å². The Morgan fingerprint density at radius 3 is 2.77 bits per heavy atom. The smallest absolute Gasteiger partial charge is 0.337 e. The molecule has 118 valence electrons. The molecule has 0 aliphatic carbocycles. The lowest BCUT2D eigenvalue weighted by molar-refractivity contribution is -0.124. The number of carbonyl (C=O) groups excluding carboxylic acids is 3. The summed E-state index contributed by atoms with van der Waals surface area (Å²) >= 11 is 0. The highest BCUT2D eigenvalue weighted by molar-refractivity contribution is 5.95. The lowest BCUT2D eigenvalue weighted by Crippen LogP contribution is -2.51. The third kappa shape index (κ3) is 3.75. The number of benzene rings is 1. The molecule has 1 aromatic rings. The molecule has 1 aliphatic heterocycles. The highest BCUT2D eigenvalue weighted by atomic mass is 16.5. The van der Waals surface area contributed by atoms with Crippen LogP contribution in [0.25, 0.3) is 0 Å². The molecule has 1 aliphatic rings. The average molecular weight is 305 g/mol. The highest BCUT2D eigenvalue weighted by Gasteiger charge is 2.23. The maximum absolute atomic E-state index is 12.0. The normalized spacial score (nSPS) is 17.4. The molecule has 1 saturated heterocycles. The molecule has 22 heavy (non-hydrogen) atoms. The molecular weight excluding hydrogens is 286 g/mol. The molecule has 1 atom stereocenters. The van der Waals surface area contributed by atoms with Crippen molar-refractivity contribution in [1.29, 1.82) is 0 Å². The number of anilines is 1. The van der Waals surface area contributed by atoms with Gasteiger partial charge in [0.1, 0.15) is 6.04 Å². The minimum absolute atomic E-state index is 0.167. The van der Waals surface area contributed by atoms with Crippen LogP contribution in [0.5, 0.6) is 0 Å². The van der Waals surface area contributed by atoms with Crippen LogP contribution in [0.15, 0.2) is 18.2 Å². The van der Waals surface area contributed by atoms with Crippen molar-refractivity contribution in [2.45, 2.75) is 25.8 Å². The summed E-state index contributed by atoms with van der Waals surface area (Å²) in [5.41, 5.74) is 1.71. The number of nitrogens with one attached hydrogen (secondary N) is 3. The summed E-state index contributed by atoms with van der Waals surface area (Å²) in [5.74, 6) is -0.600. The Kier molecular flexibility index (Phi) is 4.98. The lowest BCUT2D eigenvalue weighted by atomic mass is 10.1. The molecular formula is C15H19N3O4. The molecule has 2 rings (SSSR count). The van der Waals surface area contributed by atoms with Gasteiger partial charge in [0.05, 0.1) is 12.7 Å². The van der Waals surface area contributed by atoms with Crippen molar-refractivity contribution in [3.05, 3.63) is 29.3 Å². The Bertz CT molecular complexity index is 600. The van der Waals surface area contributed by atoms with E-state index in [0.717, 1.165) is 12.0 Å². The van der Waals surface area contributed by atoms with E-state index in [0.29, 0.717) is 24.2 Å². The van der Waals surface area contributed by atoms with Gasteiger partial charge in [-0.3, -0.25) is 4.79 Å². The van der Waals surface area contributed by atoms with Crippen molar-refractivity contribution in [3.63, 3.8) is 0 Å². The Balaban J connectivity index is 1.99. The zero-order chi connectivity index (χ0) is 16.1. The molecule has 0 unspecified atom stereocenters. The Hall–Kier alpha value is -2.57. The highest BCUT2D eigenvalue weighted by Crippen LogP contribution is 2.17. The Morgan fingerprint density at radius 1 is 1.36 bits per heavy atom. The fourth-order valence-corrected chi connectivity index (χ4v) is 2.28. The van der Waals surface area contributed by atoms with Gasteiger partial charge in [-0.1, -0.05) is 0 Å². The van der Waals surface area contributed by atoms with Crippen LogP contribution in [0.1, 0.15) is 28.8 Å². The predicted octanol–water partition coefficient (Wildman–Crippen LogP) is 1.18. The molecule has 3 N–H and O–H groups in total. The largest absolute Gasteiger partial charge is 0.465 e. The lowest BCUT2D eigenvalue weighted by Gasteiger charge is -2.23. The van der Waals surface area contributed by atoms with Crippen molar-refractivity contribution in [3.8, 4) is 0 Å². The van der Waals surface area contributed by atoms with Crippen molar-refractivity contribution < 1.29 is 19.1 Å². The van der Waals surface area contributed by atoms with Gasteiger partial charge in [-0.15, -0.1) is 0 Å². The number of piperidine rings is 1. The van der Waals surface area contributed by atoms with Gasteiger partial charge >= 0.3 is 12.0 Å². The minimum atomic E-state index is -0.511. The second-order valence-electron chi connectivity index (χ2n) is 5.11. The fraction of sp³-hybridized carbons (Fsp3) is 0.400. The molecule has 7 nitrogen and oxygen atoms in total. The van der Waals surface area contributed by atoms with Gasteiger partial charge in [0.25, 0.3) is 0 Å². The van der Waals surface area contributed by atoms with Crippen LogP contribution in [0, 0.1) is 6.92 Å². The van der Waals surface area contributed by atoms with Crippen LogP contribution in [0.3, 0.4) is 0 Å². The van der Waals surface area contributed by atoms with Gasteiger partial charge in [-0.2, -0.15) is 0 Å². The molecule has 0 aromatic heterocycles. The maximum Gasteiger partial charge on any atom is 0.337 e. The first-order valence-corrected chi connectivity index (χ1v) is 7.05. The van der Waals surface area contributed by atoms with Crippen LogP contribution in [-0.2, 0) is 9.53 Å². The van der Waals surface area contributed by atoms with E-state index in [4.69, 9.17) is 0 Å². The summed E-state index contributed by atoms with van der Waals surface area (Å²) < 4.78 is 4.64. The number of methoxy groups -OCH3 is 1. The van der Waals surface area contributed by atoms with Crippen LogP contribution in [-0.4, -0.2) is 37.6 Å². The number of carbonyl (C=O) groups is 3. The van der Waals surface area contributed by atoms with Gasteiger partial charge in [0.15, 0.2) is 0 Å². The molecule has 1 fully saturated rings. The number of urea groups is 1. The van der Waals surface area contributed by atoms with E-state index in [2.05, 4.69) is 20.7 Å². The molecule has 0 saturated carbocycles. The number of ether oxygens (including phenoxy) is 1. The third-order valence-corrected chi connectivity index (χ3v) is 3.49. The number of aryl methyl sites for hydroxylation is 1. The van der Waals surface area contributed by atoms with Crippen LogP contribution in [0.2, 0.25) is 0 Å². The second-order valence-corrected chi connectivity index (χ2v) is 5.11. The first kappa shape index (κ1) is 15.8. The van der Waals surface area contributed by atoms with E-state index in [1.807, 2.05) is 0 Å². The molecule has 1 heterocycles. The molecule has 0 spiro atoms. The SMILES string of the molecule is COC(=O)c1ccc(NC(=O)N[C@@H]2CCCNC2=O)c(C)c1. The summed E-state index contributed by atoms with van der Waals surface area (Å²) in [6.07, 6.45) is 1.46. The topological polar surface area (TPSA) is 96.5 Å². The van der Waals surface area contributed by atoms with Gasteiger partial charge in [-0.05, 0) is 43.5 Å². The number of esters is 1. The monoisotopic (exact) mass is 305 g/mol. The van der Waals surface area contributed by atoms with Crippen LogP contribution >= 0.6 is 0 Å². The van der Waals surface area contributed by atoms with E-state index in [1.165, 1.54) is 7.11 Å². The Labute approximate surface area is 128 Å². The second kappa shape index (κ2) is 6.93. The Morgan fingerprint density at radius 2 is 2.14 bits per heavy atom. The standard InChI is InChI=1S/C15H19N3O4/c1-9-8-10(14(20)22-2)5-6-11(9)17-15(21)18-12-4-3-7-16-13(12)19/h5-6,8,12H,3-4,7H2,1-2H3,(H,16,19)(H2,17,18,21)/t12-/m1/s1. The van der Waals surface area contributed by atoms with E-state index in [9.17, 15) is 14.4 Å². The molecule has 3 amide bonds. The van der Waals surface area contributed by atoms with Crippen molar-refractivity contribution >= 4 is 23.6 Å². The van der Waals surface area contributed by atoms with Crippen LogP contribution in [0.4, 0.5) is 10.5 Å². The van der Waals surface area contributed by atoms with E-state index in [1.54, 1.807) is 25.1 Å². The zero-order valence-corrected chi connectivity index (χ0v) is 12.6. The minimum Gasteiger partial charge on any atom is -0.465 e. The van der Waals surface area contributed by atoms with E-state index < -0.39 is 18.0 Å². The summed E-state index contributed by atoms with van der Waals surface area (Å²) in [6.45, 7) is 2.42. The zero-order valence-electron chi connectivity index (χ0n) is 12.6. The predicted molar refractivity (Wildman–Crippen MR) is 80.7 cm³/mol. The van der Waals surface area contributed by atoms with Crippen LogP contribution < -0.4 is 16.0 Å². The van der Waals surface area contributed by atoms with Gasteiger partial charge in [0, 0.05) is 12.2 Å². The molecule has 0 radical (unpaired) electrons. The quantitative estimate of drug-likeness (QED) is 0.731. The fourth-order valence-electron chi connectivity index (χ4n) is 2.28. The summed E-state index contributed by atoms with van der Waals surface area (Å²) in [6, 6.07) is 3.87. The first-order chi connectivity index (χ1) is 10.5. The summed E-state index contributed by atoms with van der Waals surface area (Å²) in [5, 5.41) is 8.03. The van der Waals surface area contributed by atoms with Crippen molar-refractivity contribution in [1.82, 2.24) is 10.6 Å². The number of amides is 3. The first-order valence-electron chi connectivity index (χ1n) is 7.05. The summed E-state index contributed by atoms with van der Waals surface area (Å²) in [4.78, 5) is 35.0. The number of rotatable bonds is 3. The molecule has 1 aromatic carbocycles.